The van der Waals surface area contributed by atoms with Crippen molar-refractivity contribution >= 4 is 11.6 Å². The summed E-state index contributed by atoms with van der Waals surface area (Å²) in [6, 6.07) is 5.66. The first-order valence-electron chi connectivity index (χ1n) is 6.65. The second kappa shape index (κ2) is 5.18. The molecule has 2 unspecified atom stereocenters. The molecule has 0 aliphatic heterocycles. The Labute approximate surface area is 114 Å². The van der Waals surface area contributed by atoms with E-state index < -0.39 is 0 Å². The van der Waals surface area contributed by atoms with E-state index in [-0.39, 0.29) is 16.3 Å². The molecule has 1 aliphatic rings. The lowest BCUT2D eigenvalue weighted by Crippen LogP contribution is -2.55. The van der Waals surface area contributed by atoms with Gasteiger partial charge in [0.2, 0.25) is 0 Å². The van der Waals surface area contributed by atoms with Crippen LogP contribution in [0.2, 0.25) is 5.02 Å². The Morgan fingerprint density at radius 3 is 2.72 bits per heavy atom. The SMILES string of the molecule is CCCNC1CC(c2ccc(F)c(Cl)c2)C1(C)C. The molecule has 1 aromatic rings. The van der Waals surface area contributed by atoms with E-state index in [9.17, 15) is 4.39 Å². The van der Waals surface area contributed by atoms with Crippen LogP contribution in [0.4, 0.5) is 4.39 Å². The Morgan fingerprint density at radius 2 is 2.17 bits per heavy atom. The van der Waals surface area contributed by atoms with E-state index in [1.54, 1.807) is 6.07 Å². The molecule has 0 heterocycles. The van der Waals surface area contributed by atoms with Crippen molar-refractivity contribution in [1.29, 1.82) is 0 Å². The zero-order valence-corrected chi connectivity index (χ0v) is 12.0. The first kappa shape index (κ1) is 13.8. The lowest BCUT2D eigenvalue weighted by molar-refractivity contribution is 0.0694. The predicted octanol–water partition coefficient (Wildman–Crippen LogP) is 4.36. The molecular formula is C15H21ClFN. The lowest BCUT2D eigenvalue weighted by Gasteiger charge is -2.53. The first-order valence-corrected chi connectivity index (χ1v) is 7.03. The summed E-state index contributed by atoms with van der Waals surface area (Å²) >= 11 is 5.86. The van der Waals surface area contributed by atoms with Crippen molar-refractivity contribution in [3.63, 3.8) is 0 Å². The quantitative estimate of drug-likeness (QED) is 0.856. The molecule has 3 heteroatoms. The van der Waals surface area contributed by atoms with Crippen molar-refractivity contribution in [2.45, 2.75) is 45.6 Å². The molecular weight excluding hydrogens is 249 g/mol. The Morgan fingerprint density at radius 1 is 1.44 bits per heavy atom. The van der Waals surface area contributed by atoms with Gasteiger partial charge in [-0.25, -0.2) is 4.39 Å². The van der Waals surface area contributed by atoms with Crippen LogP contribution in [-0.2, 0) is 0 Å². The van der Waals surface area contributed by atoms with Gasteiger partial charge in [-0.05, 0) is 48.4 Å². The second-order valence-electron chi connectivity index (χ2n) is 5.79. The van der Waals surface area contributed by atoms with Gasteiger partial charge in [0.1, 0.15) is 5.82 Å². The van der Waals surface area contributed by atoms with Gasteiger partial charge in [0.25, 0.3) is 0 Å². The lowest BCUT2D eigenvalue weighted by atomic mass is 9.56. The van der Waals surface area contributed by atoms with Crippen LogP contribution in [0, 0.1) is 11.2 Å². The molecule has 1 fully saturated rings. The highest BCUT2D eigenvalue weighted by atomic mass is 35.5. The number of hydrogen-bond donors (Lipinski definition) is 1. The maximum absolute atomic E-state index is 13.2. The van der Waals surface area contributed by atoms with E-state index >= 15 is 0 Å². The van der Waals surface area contributed by atoms with Crippen molar-refractivity contribution in [3.05, 3.63) is 34.6 Å². The summed E-state index contributed by atoms with van der Waals surface area (Å²) < 4.78 is 13.2. The molecule has 0 amide bonds. The summed E-state index contributed by atoms with van der Waals surface area (Å²) in [7, 11) is 0. The fraction of sp³-hybridized carbons (Fsp3) is 0.600. The van der Waals surface area contributed by atoms with Gasteiger partial charge in [0.05, 0.1) is 5.02 Å². The normalized spacial score (nSPS) is 25.8. The third-order valence-electron chi connectivity index (χ3n) is 4.25. The summed E-state index contributed by atoms with van der Waals surface area (Å²) in [6.45, 7) is 7.78. The molecule has 0 spiro atoms. The van der Waals surface area contributed by atoms with Crippen LogP contribution in [0.15, 0.2) is 18.2 Å². The molecule has 2 atom stereocenters. The zero-order chi connectivity index (χ0) is 13.3. The Balaban J connectivity index is 2.09. The van der Waals surface area contributed by atoms with Crippen molar-refractivity contribution in [2.75, 3.05) is 6.54 Å². The molecule has 0 saturated heterocycles. The van der Waals surface area contributed by atoms with Crippen LogP contribution in [-0.4, -0.2) is 12.6 Å². The fourth-order valence-corrected chi connectivity index (χ4v) is 3.07. The highest BCUT2D eigenvalue weighted by Gasteiger charge is 2.48. The minimum atomic E-state index is -0.335. The smallest absolute Gasteiger partial charge is 0.141 e. The van der Waals surface area contributed by atoms with Crippen molar-refractivity contribution in [2.24, 2.45) is 5.41 Å². The van der Waals surface area contributed by atoms with Crippen molar-refractivity contribution in [1.82, 2.24) is 5.32 Å². The van der Waals surface area contributed by atoms with Crippen LogP contribution in [0.25, 0.3) is 0 Å². The van der Waals surface area contributed by atoms with Gasteiger partial charge in [-0.1, -0.05) is 38.4 Å². The summed E-state index contributed by atoms with van der Waals surface area (Å²) in [5.74, 6) is 0.128. The number of nitrogens with one attached hydrogen (secondary N) is 1. The predicted molar refractivity (Wildman–Crippen MR) is 74.6 cm³/mol. The molecule has 0 bridgehead atoms. The van der Waals surface area contributed by atoms with E-state index in [1.165, 1.54) is 6.07 Å². The highest BCUT2D eigenvalue weighted by Crippen LogP contribution is 2.52. The van der Waals surface area contributed by atoms with Gasteiger partial charge in [-0.3, -0.25) is 0 Å². The maximum Gasteiger partial charge on any atom is 0.141 e. The molecule has 0 aromatic heterocycles. The second-order valence-corrected chi connectivity index (χ2v) is 6.20. The monoisotopic (exact) mass is 269 g/mol. The number of benzene rings is 1. The third-order valence-corrected chi connectivity index (χ3v) is 4.54. The van der Waals surface area contributed by atoms with E-state index in [0.29, 0.717) is 12.0 Å². The van der Waals surface area contributed by atoms with Gasteiger partial charge < -0.3 is 5.32 Å². The molecule has 0 radical (unpaired) electrons. The van der Waals surface area contributed by atoms with Crippen LogP contribution in [0.1, 0.15) is 45.1 Å². The summed E-state index contributed by atoms with van der Waals surface area (Å²) in [6.07, 6.45) is 2.26. The summed E-state index contributed by atoms with van der Waals surface area (Å²) in [4.78, 5) is 0. The van der Waals surface area contributed by atoms with Gasteiger partial charge in [-0.2, -0.15) is 0 Å². The molecule has 1 N–H and O–H groups in total. The molecule has 1 saturated carbocycles. The van der Waals surface area contributed by atoms with Gasteiger partial charge in [0, 0.05) is 6.04 Å². The average molecular weight is 270 g/mol. The molecule has 2 rings (SSSR count). The van der Waals surface area contributed by atoms with Crippen LogP contribution in [0.5, 0.6) is 0 Å². The highest BCUT2D eigenvalue weighted by molar-refractivity contribution is 6.30. The van der Waals surface area contributed by atoms with Crippen LogP contribution < -0.4 is 5.32 Å². The Bertz CT molecular complexity index is 431. The first-order chi connectivity index (χ1) is 8.46. The molecule has 1 aromatic carbocycles. The number of rotatable bonds is 4. The number of halogens is 2. The average Bonchev–Trinajstić information content (AvgIpc) is 2.32. The fourth-order valence-electron chi connectivity index (χ4n) is 2.89. The molecule has 1 aliphatic carbocycles. The Kier molecular flexibility index (Phi) is 3.98. The third kappa shape index (κ3) is 2.41. The van der Waals surface area contributed by atoms with Crippen LogP contribution in [0.3, 0.4) is 0 Å². The molecule has 1 nitrogen and oxygen atoms in total. The summed E-state index contributed by atoms with van der Waals surface area (Å²) in [5.41, 5.74) is 1.36. The van der Waals surface area contributed by atoms with E-state index in [2.05, 4.69) is 26.1 Å². The van der Waals surface area contributed by atoms with Crippen molar-refractivity contribution < 1.29 is 4.39 Å². The standard InChI is InChI=1S/C15H21ClFN/c1-4-7-18-14-9-11(15(14,2)3)10-5-6-13(17)12(16)8-10/h5-6,8,11,14,18H,4,7,9H2,1-3H3. The maximum atomic E-state index is 13.2. The minimum absolute atomic E-state index is 0.205. The number of hydrogen-bond acceptors (Lipinski definition) is 1. The molecule has 100 valence electrons. The minimum Gasteiger partial charge on any atom is -0.313 e. The van der Waals surface area contributed by atoms with Crippen molar-refractivity contribution in [3.8, 4) is 0 Å². The Hall–Kier alpha value is -0.600. The van der Waals surface area contributed by atoms with Gasteiger partial charge >= 0.3 is 0 Å². The van der Waals surface area contributed by atoms with E-state index in [0.717, 1.165) is 24.9 Å². The van der Waals surface area contributed by atoms with E-state index in [4.69, 9.17) is 11.6 Å². The summed E-state index contributed by atoms with van der Waals surface area (Å²) in [5, 5.41) is 3.81. The zero-order valence-electron chi connectivity index (χ0n) is 11.3. The van der Waals surface area contributed by atoms with Gasteiger partial charge in [-0.15, -0.1) is 0 Å². The van der Waals surface area contributed by atoms with E-state index in [1.807, 2.05) is 6.07 Å². The van der Waals surface area contributed by atoms with Gasteiger partial charge in [0.15, 0.2) is 0 Å². The topological polar surface area (TPSA) is 12.0 Å². The van der Waals surface area contributed by atoms with Crippen LogP contribution >= 0.6 is 11.6 Å². The molecule has 18 heavy (non-hydrogen) atoms. The largest absolute Gasteiger partial charge is 0.313 e.